The lowest BCUT2D eigenvalue weighted by molar-refractivity contribution is 0.0633. The molecule has 0 radical (unpaired) electrons. The molecule has 2 unspecified atom stereocenters. The van der Waals surface area contributed by atoms with Crippen LogP contribution in [0.25, 0.3) is 0 Å². The van der Waals surface area contributed by atoms with Crippen LogP contribution in [0.4, 0.5) is 0 Å². The molecular formula is C16H29N5. The van der Waals surface area contributed by atoms with Gasteiger partial charge in [0, 0.05) is 57.1 Å². The van der Waals surface area contributed by atoms with E-state index in [1.165, 1.54) is 44.3 Å². The smallest absolute Gasteiger partial charge is 0.0538 e. The van der Waals surface area contributed by atoms with E-state index in [2.05, 4.69) is 28.0 Å². The van der Waals surface area contributed by atoms with Crippen molar-refractivity contribution < 1.29 is 0 Å². The molecule has 3 rings (SSSR count). The van der Waals surface area contributed by atoms with Gasteiger partial charge in [-0.1, -0.05) is 12.8 Å². The summed E-state index contributed by atoms with van der Waals surface area (Å²) in [6.45, 7) is 6.73. The van der Waals surface area contributed by atoms with Gasteiger partial charge >= 0.3 is 0 Å². The second kappa shape index (κ2) is 6.46. The Morgan fingerprint density at radius 1 is 1.19 bits per heavy atom. The van der Waals surface area contributed by atoms with Crippen molar-refractivity contribution in [2.24, 2.45) is 12.8 Å². The van der Waals surface area contributed by atoms with Gasteiger partial charge in [0.1, 0.15) is 0 Å². The van der Waals surface area contributed by atoms with Gasteiger partial charge in [-0.05, 0) is 19.8 Å². The van der Waals surface area contributed by atoms with Crippen molar-refractivity contribution in [1.29, 1.82) is 0 Å². The van der Waals surface area contributed by atoms with Gasteiger partial charge in [-0.25, -0.2) is 0 Å². The number of hydrogen-bond acceptors (Lipinski definition) is 4. The van der Waals surface area contributed by atoms with Gasteiger partial charge in [0.2, 0.25) is 0 Å². The van der Waals surface area contributed by atoms with Crippen molar-refractivity contribution in [1.82, 2.24) is 19.6 Å². The van der Waals surface area contributed by atoms with E-state index >= 15 is 0 Å². The van der Waals surface area contributed by atoms with Gasteiger partial charge in [-0.2, -0.15) is 5.10 Å². The van der Waals surface area contributed by atoms with E-state index in [9.17, 15) is 0 Å². The number of rotatable bonds is 4. The average Bonchev–Trinajstić information content (AvgIpc) is 3.11. The van der Waals surface area contributed by atoms with Crippen molar-refractivity contribution in [3.63, 3.8) is 0 Å². The van der Waals surface area contributed by atoms with E-state index in [-0.39, 0.29) is 6.04 Å². The fourth-order valence-corrected chi connectivity index (χ4v) is 4.09. The first-order valence-corrected chi connectivity index (χ1v) is 8.37. The van der Waals surface area contributed by atoms with Gasteiger partial charge in [-0.15, -0.1) is 0 Å². The van der Waals surface area contributed by atoms with Crippen molar-refractivity contribution in [3.8, 4) is 0 Å². The molecule has 2 N–H and O–H groups in total. The van der Waals surface area contributed by atoms with Crippen LogP contribution >= 0.6 is 0 Å². The number of aromatic nitrogens is 2. The van der Waals surface area contributed by atoms with E-state index in [1.807, 2.05) is 17.9 Å². The highest BCUT2D eigenvalue weighted by Gasteiger charge is 2.31. The van der Waals surface area contributed by atoms with Gasteiger partial charge < -0.3 is 5.73 Å². The lowest BCUT2D eigenvalue weighted by Gasteiger charge is -2.42. The molecule has 2 atom stereocenters. The minimum Gasteiger partial charge on any atom is -0.326 e. The molecule has 2 heterocycles. The highest BCUT2D eigenvalue weighted by molar-refractivity contribution is 5.13. The Hall–Kier alpha value is -0.910. The van der Waals surface area contributed by atoms with Gasteiger partial charge in [-0.3, -0.25) is 14.5 Å². The third kappa shape index (κ3) is 3.30. The van der Waals surface area contributed by atoms with Gasteiger partial charge in [0.25, 0.3) is 0 Å². The molecular weight excluding hydrogens is 262 g/mol. The molecule has 1 saturated carbocycles. The lowest BCUT2D eigenvalue weighted by Crippen LogP contribution is -2.52. The summed E-state index contributed by atoms with van der Waals surface area (Å²) in [6, 6.07) is 1.27. The first kappa shape index (κ1) is 15.0. The van der Waals surface area contributed by atoms with Crippen LogP contribution in [0, 0.1) is 0 Å². The molecule has 118 valence electrons. The second-order valence-electron chi connectivity index (χ2n) is 6.76. The van der Waals surface area contributed by atoms with Crippen LogP contribution in [0.5, 0.6) is 0 Å². The minimum atomic E-state index is 0.132. The molecule has 1 aromatic heterocycles. The quantitative estimate of drug-likeness (QED) is 0.910. The van der Waals surface area contributed by atoms with Crippen molar-refractivity contribution in [2.75, 3.05) is 26.2 Å². The average molecular weight is 291 g/mol. The van der Waals surface area contributed by atoms with Crippen molar-refractivity contribution in [2.45, 2.75) is 50.7 Å². The van der Waals surface area contributed by atoms with E-state index in [4.69, 9.17) is 5.73 Å². The molecule has 1 aliphatic carbocycles. The van der Waals surface area contributed by atoms with Crippen LogP contribution in [0.15, 0.2) is 12.4 Å². The highest BCUT2D eigenvalue weighted by Crippen LogP contribution is 2.28. The molecule has 0 spiro atoms. The Kier molecular flexibility index (Phi) is 4.62. The molecule has 0 aromatic carbocycles. The summed E-state index contributed by atoms with van der Waals surface area (Å²) < 4.78 is 1.87. The van der Waals surface area contributed by atoms with Crippen molar-refractivity contribution >= 4 is 0 Å². The SMILES string of the molecule is CC(N)C(c1cnn(C)c1)N1CCN(C2CCCC2)CC1. The Balaban J connectivity index is 1.63. The molecule has 5 nitrogen and oxygen atoms in total. The predicted octanol–water partition coefficient (Wildman–Crippen LogP) is 1.37. The molecule has 1 aliphatic heterocycles. The standard InChI is InChI=1S/C16H29N5/c1-13(17)16(14-11-18-19(2)12-14)21-9-7-20(8-10-21)15-5-3-4-6-15/h11-13,15-16H,3-10,17H2,1-2H3. The number of aryl methyl sites for hydroxylation is 1. The predicted molar refractivity (Wildman–Crippen MR) is 85.0 cm³/mol. The van der Waals surface area contributed by atoms with Gasteiger partial charge in [0.15, 0.2) is 0 Å². The first-order chi connectivity index (χ1) is 10.1. The molecule has 5 heteroatoms. The molecule has 2 aliphatic rings. The molecule has 1 aromatic rings. The summed E-state index contributed by atoms with van der Waals surface area (Å²) in [4.78, 5) is 5.25. The Morgan fingerprint density at radius 3 is 2.38 bits per heavy atom. The largest absolute Gasteiger partial charge is 0.326 e. The zero-order valence-electron chi connectivity index (χ0n) is 13.4. The van der Waals surface area contributed by atoms with Crippen LogP contribution in [0.3, 0.4) is 0 Å². The van der Waals surface area contributed by atoms with E-state index in [0.717, 1.165) is 19.1 Å². The summed E-state index contributed by atoms with van der Waals surface area (Å²) >= 11 is 0. The first-order valence-electron chi connectivity index (χ1n) is 8.37. The number of hydrogen-bond donors (Lipinski definition) is 1. The zero-order chi connectivity index (χ0) is 14.8. The zero-order valence-corrected chi connectivity index (χ0v) is 13.4. The monoisotopic (exact) mass is 291 g/mol. The molecule has 0 amide bonds. The maximum absolute atomic E-state index is 6.27. The highest BCUT2D eigenvalue weighted by atomic mass is 15.3. The fraction of sp³-hybridized carbons (Fsp3) is 0.812. The van der Waals surface area contributed by atoms with E-state index < -0.39 is 0 Å². The summed E-state index contributed by atoms with van der Waals surface area (Å²) in [5, 5.41) is 4.32. The summed E-state index contributed by atoms with van der Waals surface area (Å²) in [5.41, 5.74) is 7.52. The molecule has 0 bridgehead atoms. The fourth-order valence-electron chi connectivity index (χ4n) is 4.09. The normalized spacial score (nSPS) is 25.3. The van der Waals surface area contributed by atoms with Crippen LogP contribution in [0.2, 0.25) is 0 Å². The van der Waals surface area contributed by atoms with Crippen LogP contribution in [-0.4, -0.2) is 57.8 Å². The summed E-state index contributed by atoms with van der Waals surface area (Å²) in [7, 11) is 1.97. The minimum absolute atomic E-state index is 0.132. The topological polar surface area (TPSA) is 50.3 Å². The number of nitrogens with two attached hydrogens (primary N) is 1. The van der Waals surface area contributed by atoms with E-state index in [0.29, 0.717) is 6.04 Å². The Bertz CT molecular complexity index is 441. The van der Waals surface area contributed by atoms with Gasteiger partial charge in [0.05, 0.1) is 12.2 Å². The second-order valence-corrected chi connectivity index (χ2v) is 6.76. The number of nitrogens with zero attached hydrogens (tertiary/aromatic N) is 4. The number of piperazine rings is 1. The molecule has 1 saturated heterocycles. The maximum atomic E-state index is 6.27. The van der Waals surface area contributed by atoms with Crippen LogP contribution < -0.4 is 5.73 Å². The maximum Gasteiger partial charge on any atom is 0.0538 e. The third-order valence-corrected chi connectivity index (χ3v) is 5.15. The van der Waals surface area contributed by atoms with Crippen LogP contribution in [0.1, 0.15) is 44.2 Å². The van der Waals surface area contributed by atoms with E-state index in [1.54, 1.807) is 0 Å². The van der Waals surface area contributed by atoms with Crippen LogP contribution in [-0.2, 0) is 7.05 Å². The molecule has 2 fully saturated rings. The Morgan fingerprint density at radius 2 is 1.86 bits per heavy atom. The summed E-state index contributed by atoms with van der Waals surface area (Å²) in [5.74, 6) is 0. The Labute approximate surface area is 128 Å². The third-order valence-electron chi connectivity index (χ3n) is 5.15. The lowest BCUT2D eigenvalue weighted by atomic mass is 10.0. The van der Waals surface area contributed by atoms with Crippen molar-refractivity contribution in [3.05, 3.63) is 18.0 Å². The summed E-state index contributed by atoms with van der Waals surface area (Å²) in [6.07, 6.45) is 9.72. The molecule has 21 heavy (non-hydrogen) atoms.